The molecule has 1 unspecified atom stereocenters. The van der Waals surface area contributed by atoms with Crippen molar-refractivity contribution >= 4 is 42.1 Å². The van der Waals surface area contributed by atoms with Crippen LogP contribution in [0.4, 0.5) is 0 Å². The normalized spacial score (nSPS) is 20.1. The van der Waals surface area contributed by atoms with Crippen molar-refractivity contribution in [3.05, 3.63) is 34.3 Å². The van der Waals surface area contributed by atoms with E-state index >= 15 is 0 Å². The quantitative estimate of drug-likeness (QED) is 0.696. The molecule has 168 valence electrons. The number of thiophene rings is 1. The first-order chi connectivity index (χ1) is 13.8. The number of nitrogens with one attached hydrogen (secondary N) is 1. The smallest absolute Gasteiger partial charge is 0.276 e. The lowest BCUT2D eigenvalue weighted by Gasteiger charge is -2.23. The predicted molar refractivity (Wildman–Crippen MR) is 125 cm³/mol. The average Bonchev–Trinajstić information content (AvgIpc) is 3.35. The molecule has 4 heterocycles. The number of hydrogen-bond donors (Lipinski definition) is 1. The zero-order valence-corrected chi connectivity index (χ0v) is 19.7. The van der Waals surface area contributed by atoms with Gasteiger partial charge in [0.25, 0.3) is 5.91 Å². The third-order valence-corrected chi connectivity index (χ3v) is 6.57. The van der Waals surface area contributed by atoms with Crippen molar-refractivity contribution in [1.82, 2.24) is 30.1 Å². The fraction of sp³-hybridized carbons (Fsp3) is 0.650. The van der Waals surface area contributed by atoms with Crippen molar-refractivity contribution in [2.45, 2.75) is 51.2 Å². The number of nitrogens with zero attached hydrogens (tertiary/aromatic N) is 5. The molecule has 0 bridgehead atoms. The van der Waals surface area contributed by atoms with E-state index in [0.717, 1.165) is 58.7 Å². The molecular formula is C20H32Cl2N6OS. The Bertz CT molecular complexity index is 750. The summed E-state index contributed by atoms with van der Waals surface area (Å²) in [5, 5.41) is 14.0. The van der Waals surface area contributed by atoms with Crippen LogP contribution in [0.3, 0.4) is 0 Å². The lowest BCUT2D eigenvalue weighted by Crippen LogP contribution is -2.35. The Morgan fingerprint density at radius 2 is 2.07 bits per heavy atom. The summed E-state index contributed by atoms with van der Waals surface area (Å²) in [4.78, 5) is 18.6. The van der Waals surface area contributed by atoms with Crippen LogP contribution >= 0.6 is 36.2 Å². The van der Waals surface area contributed by atoms with Gasteiger partial charge in [0.1, 0.15) is 0 Å². The molecule has 0 aliphatic carbocycles. The van der Waals surface area contributed by atoms with Crippen molar-refractivity contribution in [1.29, 1.82) is 0 Å². The Morgan fingerprint density at radius 3 is 2.83 bits per heavy atom. The third-order valence-electron chi connectivity index (χ3n) is 5.71. The summed E-state index contributed by atoms with van der Waals surface area (Å²) in [5.41, 5.74) is 0.475. The molecule has 10 heteroatoms. The second-order valence-corrected chi connectivity index (χ2v) is 8.84. The lowest BCUT2D eigenvalue weighted by molar-refractivity contribution is 0.0755. The molecule has 1 N–H and O–H groups in total. The molecule has 0 saturated carbocycles. The number of carbonyl (C=O) groups excluding carboxylic acids is 1. The van der Waals surface area contributed by atoms with E-state index in [9.17, 15) is 4.79 Å². The summed E-state index contributed by atoms with van der Waals surface area (Å²) >= 11 is 1.80. The number of piperidine rings is 1. The molecular weight excluding hydrogens is 443 g/mol. The highest BCUT2D eigenvalue weighted by atomic mass is 35.5. The number of rotatable bonds is 6. The van der Waals surface area contributed by atoms with Gasteiger partial charge in [-0.15, -0.1) is 41.2 Å². The van der Waals surface area contributed by atoms with Gasteiger partial charge < -0.3 is 10.2 Å². The molecule has 0 radical (unpaired) electrons. The van der Waals surface area contributed by atoms with Crippen LogP contribution in [-0.2, 0) is 13.1 Å². The highest BCUT2D eigenvalue weighted by Gasteiger charge is 2.23. The van der Waals surface area contributed by atoms with Crippen LogP contribution in [0.25, 0.3) is 0 Å². The summed E-state index contributed by atoms with van der Waals surface area (Å²) < 4.78 is 1.82. The maximum Gasteiger partial charge on any atom is 0.276 e. The minimum atomic E-state index is 0. The summed E-state index contributed by atoms with van der Waals surface area (Å²) in [6.45, 7) is 6.39. The molecule has 0 aromatic carbocycles. The molecule has 30 heavy (non-hydrogen) atoms. The molecule has 2 saturated heterocycles. The Kier molecular flexibility index (Phi) is 10.5. The summed E-state index contributed by atoms with van der Waals surface area (Å²) in [6, 6.07) is 4.85. The van der Waals surface area contributed by atoms with Crippen LogP contribution < -0.4 is 5.32 Å². The van der Waals surface area contributed by atoms with E-state index in [1.165, 1.54) is 24.1 Å². The fourth-order valence-corrected chi connectivity index (χ4v) is 4.83. The highest BCUT2D eigenvalue weighted by molar-refractivity contribution is 7.09. The van der Waals surface area contributed by atoms with Crippen LogP contribution in [0.15, 0.2) is 23.7 Å². The number of amides is 1. The van der Waals surface area contributed by atoms with E-state index in [4.69, 9.17) is 0 Å². The fourth-order valence-electron chi connectivity index (χ4n) is 4.08. The maximum atomic E-state index is 12.9. The molecule has 4 rings (SSSR count). The average molecular weight is 475 g/mol. The Labute approximate surface area is 195 Å². The minimum absolute atomic E-state index is 0. The van der Waals surface area contributed by atoms with Crippen LogP contribution in [0, 0.1) is 0 Å². The van der Waals surface area contributed by atoms with Gasteiger partial charge in [0, 0.05) is 50.2 Å². The molecule has 7 nitrogen and oxygen atoms in total. The second-order valence-electron chi connectivity index (χ2n) is 7.80. The predicted octanol–water partition coefficient (Wildman–Crippen LogP) is 3.06. The van der Waals surface area contributed by atoms with Gasteiger partial charge in [-0.05, 0) is 43.7 Å². The minimum Gasteiger partial charge on any atom is -0.336 e. The zero-order valence-electron chi connectivity index (χ0n) is 17.2. The molecule has 2 aromatic rings. The summed E-state index contributed by atoms with van der Waals surface area (Å²) in [6.07, 6.45) is 7.67. The molecule has 2 fully saturated rings. The van der Waals surface area contributed by atoms with Gasteiger partial charge in [0.2, 0.25) is 0 Å². The van der Waals surface area contributed by atoms with E-state index in [2.05, 4.69) is 38.0 Å². The molecule has 1 amide bonds. The number of hydrogen-bond acceptors (Lipinski definition) is 6. The van der Waals surface area contributed by atoms with Gasteiger partial charge in [-0.25, -0.2) is 0 Å². The van der Waals surface area contributed by atoms with E-state index in [1.54, 1.807) is 11.3 Å². The van der Waals surface area contributed by atoms with Gasteiger partial charge in [-0.3, -0.25) is 14.4 Å². The van der Waals surface area contributed by atoms with Gasteiger partial charge in [0.05, 0.1) is 6.20 Å². The first-order valence-corrected chi connectivity index (χ1v) is 11.3. The lowest BCUT2D eigenvalue weighted by atomic mass is 10.0. The van der Waals surface area contributed by atoms with Crippen molar-refractivity contribution in [3.63, 3.8) is 0 Å². The van der Waals surface area contributed by atoms with E-state index in [-0.39, 0.29) is 30.7 Å². The van der Waals surface area contributed by atoms with Crippen LogP contribution in [0.1, 0.15) is 47.5 Å². The Balaban J connectivity index is 0.00000160. The molecule has 2 aromatic heterocycles. The van der Waals surface area contributed by atoms with Gasteiger partial charge in [0.15, 0.2) is 5.69 Å². The number of aromatic nitrogens is 3. The Hall–Kier alpha value is -1.19. The van der Waals surface area contributed by atoms with Gasteiger partial charge in [-0.1, -0.05) is 17.7 Å². The van der Waals surface area contributed by atoms with E-state index in [0.29, 0.717) is 11.7 Å². The third kappa shape index (κ3) is 6.92. The SMILES string of the molecule is Cl.Cl.O=C(c1cn(CCC2CCCCN2)nn1)N1CCCN(Cc2cccs2)CC1. The number of aryl methyl sites for hydroxylation is 1. The maximum absolute atomic E-state index is 12.9. The molecule has 2 aliphatic rings. The van der Waals surface area contributed by atoms with E-state index in [1.807, 2.05) is 15.8 Å². The standard InChI is InChI=1S/C20H30N6OS.2ClH/c27-20(19-16-26(23-22-19)11-7-17-5-1-2-8-21-17)25-10-4-9-24(12-13-25)15-18-6-3-14-28-18;;/h3,6,14,16-17,21H,1-2,4-5,7-13,15H2;2*1H. The van der Waals surface area contributed by atoms with Gasteiger partial charge >= 0.3 is 0 Å². The van der Waals surface area contributed by atoms with Crippen LogP contribution in [-0.4, -0.2) is 69.5 Å². The first kappa shape index (κ1) is 25.1. The first-order valence-electron chi connectivity index (χ1n) is 10.5. The largest absolute Gasteiger partial charge is 0.336 e. The van der Waals surface area contributed by atoms with Crippen molar-refractivity contribution in [3.8, 4) is 0 Å². The van der Waals surface area contributed by atoms with Gasteiger partial charge in [-0.2, -0.15) is 0 Å². The number of halogens is 2. The highest BCUT2D eigenvalue weighted by Crippen LogP contribution is 2.15. The molecule has 0 spiro atoms. The number of carbonyl (C=O) groups is 1. The van der Waals surface area contributed by atoms with E-state index < -0.39 is 0 Å². The summed E-state index contributed by atoms with van der Waals surface area (Å²) in [5.74, 6) is 0.0139. The van der Waals surface area contributed by atoms with Crippen molar-refractivity contribution in [2.24, 2.45) is 0 Å². The monoisotopic (exact) mass is 474 g/mol. The molecule has 2 aliphatic heterocycles. The van der Waals surface area contributed by atoms with Crippen molar-refractivity contribution in [2.75, 3.05) is 32.7 Å². The zero-order chi connectivity index (χ0) is 19.2. The van der Waals surface area contributed by atoms with Crippen molar-refractivity contribution < 1.29 is 4.79 Å². The van der Waals surface area contributed by atoms with Crippen LogP contribution in [0.5, 0.6) is 0 Å². The van der Waals surface area contributed by atoms with Crippen LogP contribution in [0.2, 0.25) is 0 Å². The Morgan fingerprint density at radius 1 is 1.17 bits per heavy atom. The summed E-state index contributed by atoms with van der Waals surface area (Å²) in [7, 11) is 0. The topological polar surface area (TPSA) is 66.3 Å². The second kappa shape index (κ2) is 12.6. The molecule has 1 atom stereocenters.